The number of hydrogen-bond donors (Lipinski definition) is 3. The Labute approximate surface area is 153 Å². The van der Waals surface area contributed by atoms with Crippen LogP contribution in [0.15, 0.2) is 23.2 Å². The van der Waals surface area contributed by atoms with E-state index in [4.69, 9.17) is 19.9 Å². The first-order valence-corrected chi connectivity index (χ1v) is 7.15. The molecule has 1 aliphatic rings. The Bertz CT molecular complexity index is 533. The van der Waals surface area contributed by atoms with Crippen LogP contribution in [0.5, 0.6) is 11.5 Å². The van der Waals surface area contributed by atoms with Crippen LogP contribution < -0.4 is 20.5 Å². The van der Waals surface area contributed by atoms with Crippen LogP contribution in [0.1, 0.15) is 12.8 Å². The van der Waals surface area contributed by atoms with Gasteiger partial charge >= 0.3 is 0 Å². The van der Waals surface area contributed by atoms with Gasteiger partial charge in [0.2, 0.25) is 0 Å². The molecule has 0 aliphatic carbocycles. The summed E-state index contributed by atoms with van der Waals surface area (Å²) in [6.45, 7) is 1.35. The number of anilines is 1. The zero-order valence-corrected chi connectivity index (χ0v) is 15.7. The zero-order valence-electron chi connectivity index (χ0n) is 13.4. The van der Waals surface area contributed by atoms with Gasteiger partial charge in [-0.1, -0.05) is 0 Å². The van der Waals surface area contributed by atoms with Crippen LogP contribution in [0, 0.1) is 0 Å². The van der Waals surface area contributed by atoms with Crippen LogP contribution in [0.3, 0.4) is 0 Å². The lowest BCUT2D eigenvalue weighted by atomic mass is 9.95. The fourth-order valence-corrected chi connectivity index (χ4v) is 2.24. The second-order valence-corrected chi connectivity index (χ2v) is 5.23. The van der Waals surface area contributed by atoms with Crippen molar-refractivity contribution in [2.75, 3.05) is 39.3 Å². The molecule has 1 heterocycles. The first kappa shape index (κ1) is 19.8. The summed E-state index contributed by atoms with van der Waals surface area (Å²) in [6.07, 6.45) is 1.14. The molecule has 8 heteroatoms. The molecular formula is C15H24IN3O4. The summed E-state index contributed by atoms with van der Waals surface area (Å²) in [5, 5.41) is 13.3. The van der Waals surface area contributed by atoms with Crippen molar-refractivity contribution < 1.29 is 19.3 Å². The minimum atomic E-state index is -0.831. The molecule has 0 radical (unpaired) electrons. The smallest absolute Gasteiger partial charge is 0.193 e. The lowest BCUT2D eigenvalue weighted by Gasteiger charge is -2.30. The summed E-state index contributed by atoms with van der Waals surface area (Å²) >= 11 is 0. The van der Waals surface area contributed by atoms with E-state index in [1.807, 2.05) is 6.07 Å². The first-order chi connectivity index (χ1) is 10.6. The summed E-state index contributed by atoms with van der Waals surface area (Å²) in [5.74, 6) is 1.48. The van der Waals surface area contributed by atoms with Gasteiger partial charge in [0.1, 0.15) is 0 Å². The largest absolute Gasteiger partial charge is 0.493 e. The second kappa shape index (κ2) is 9.14. The third-order valence-electron chi connectivity index (χ3n) is 3.62. The van der Waals surface area contributed by atoms with Crippen LogP contribution in [0.25, 0.3) is 0 Å². The number of methoxy groups -OCH3 is 2. The van der Waals surface area contributed by atoms with Gasteiger partial charge in [-0.25, -0.2) is 0 Å². The first-order valence-electron chi connectivity index (χ1n) is 7.15. The number of rotatable bonds is 5. The molecule has 2 rings (SSSR count). The van der Waals surface area contributed by atoms with Crippen molar-refractivity contribution >= 4 is 35.6 Å². The second-order valence-electron chi connectivity index (χ2n) is 5.23. The van der Waals surface area contributed by atoms with Crippen LogP contribution in [0.2, 0.25) is 0 Å². The number of nitrogens with one attached hydrogen (secondary N) is 1. The molecule has 130 valence electrons. The molecule has 0 saturated carbocycles. The molecule has 0 bridgehead atoms. The van der Waals surface area contributed by atoms with Gasteiger partial charge in [-0.05, 0) is 12.1 Å². The van der Waals surface area contributed by atoms with Crippen molar-refractivity contribution in [3.05, 3.63) is 18.2 Å². The highest BCUT2D eigenvalue weighted by Crippen LogP contribution is 2.29. The summed E-state index contributed by atoms with van der Waals surface area (Å²) < 4.78 is 15.6. The van der Waals surface area contributed by atoms with Crippen molar-refractivity contribution in [3.63, 3.8) is 0 Å². The van der Waals surface area contributed by atoms with E-state index in [9.17, 15) is 5.11 Å². The summed E-state index contributed by atoms with van der Waals surface area (Å²) in [6, 6.07) is 5.36. The third kappa shape index (κ3) is 5.70. The Kier molecular flexibility index (Phi) is 7.86. The molecule has 0 amide bonds. The number of nitrogens with two attached hydrogens (primary N) is 1. The Balaban J connectivity index is 0.00000264. The van der Waals surface area contributed by atoms with Crippen LogP contribution in [-0.2, 0) is 4.74 Å². The standard InChI is InChI=1S/C15H23N3O4.HI/c1-20-12-4-3-11(9-13(12)21-2)18-14(16)17-10-15(19)5-7-22-8-6-15;/h3-4,9,19H,5-8,10H2,1-2H3,(H3,16,17,18);1H. The van der Waals surface area contributed by atoms with Gasteiger partial charge in [-0.15, -0.1) is 24.0 Å². The third-order valence-corrected chi connectivity index (χ3v) is 3.62. The van der Waals surface area contributed by atoms with E-state index in [1.165, 1.54) is 0 Å². The van der Waals surface area contributed by atoms with Gasteiger partial charge in [0, 0.05) is 37.8 Å². The average molecular weight is 437 g/mol. The minimum Gasteiger partial charge on any atom is -0.493 e. The fraction of sp³-hybridized carbons (Fsp3) is 0.533. The molecule has 0 spiro atoms. The highest BCUT2D eigenvalue weighted by Gasteiger charge is 2.29. The number of benzene rings is 1. The quantitative estimate of drug-likeness (QED) is 0.368. The molecule has 1 aromatic carbocycles. The van der Waals surface area contributed by atoms with E-state index in [-0.39, 0.29) is 36.5 Å². The number of aliphatic imine (C=N–C) groups is 1. The van der Waals surface area contributed by atoms with Gasteiger partial charge in [0.15, 0.2) is 17.5 Å². The lowest BCUT2D eigenvalue weighted by Crippen LogP contribution is -2.40. The van der Waals surface area contributed by atoms with Crippen LogP contribution in [-0.4, -0.2) is 50.6 Å². The molecule has 4 N–H and O–H groups in total. The van der Waals surface area contributed by atoms with Gasteiger partial charge in [-0.3, -0.25) is 4.99 Å². The van der Waals surface area contributed by atoms with Gasteiger partial charge in [0.05, 0.1) is 26.4 Å². The fourth-order valence-electron chi connectivity index (χ4n) is 2.24. The Morgan fingerprint density at radius 3 is 2.57 bits per heavy atom. The molecule has 0 unspecified atom stereocenters. The SMILES string of the molecule is COc1ccc(NC(N)=NCC2(O)CCOCC2)cc1OC.I. The molecule has 1 saturated heterocycles. The molecule has 23 heavy (non-hydrogen) atoms. The molecule has 7 nitrogen and oxygen atoms in total. The van der Waals surface area contributed by atoms with Crippen molar-refractivity contribution in [1.82, 2.24) is 0 Å². The van der Waals surface area contributed by atoms with E-state index >= 15 is 0 Å². The van der Waals surface area contributed by atoms with Crippen molar-refractivity contribution in [2.45, 2.75) is 18.4 Å². The molecular weight excluding hydrogens is 413 g/mol. The number of ether oxygens (including phenoxy) is 3. The monoisotopic (exact) mass is 437 g/mol. The molecule has 0 atom stereocenters. The number of guanidine groups is 1. The Hall–Kier alpha value is -1.26. The molecule has 1 fully saturated rings. The van der Waals surface area contributed by atoms with Crippen molar-refractivity contribution in [3.8, 4) is 11.5 Å². The molecule has 1 aliphatic heterocycles. The Morgan fingerprint density at radius 2 is 1.96 bits per heavy atom. The van der Waals surface area contributed by atoms with Gasteiger partial charge < -0.3 is 30.4 Å². The maximum atomic E-state index is 10.3. The molecule has 0 aromatic heterocycles. The maximum absolute atomic E-state index is 10.3. The normalized spacial score (nSPS) is 17.1. The highest BCUT2D eigenvalue weighted by atomic mass is 127. The summed E-state index contributed by atoms with van der Waals surface area (Å²) in [4.78, 5) is 4.22. The van der Waals surface area contributed by atoms with E-state index < -0.39 is 5.60 Å². The number of nitrogens with zero attached hydrogens (tertiary/aromatic N) is 1. The predicted octanol–water partition coefficient (Wildman–Crippen LogP) is 1.59. The van der Waals surface area contributed by atoms with Gasteiger partial charge in [0.25, 0.3) is 0 Å². The van der Waals surface area contributed by atoms with Crippen LogP contribution >= 0.6 is 24.0 Å². The minimum absolute atomic E-state index is 0. The number of halogens is 1. The lowest BCUT2D eigenvalue weighted by molar-refractivity contribution is -0.0565. The van der Waals surface area contributed by atoms with Gasteiger partial charge in [-0.2, -0.15) is 0 Å². The van der Waals surface area contributed by atoms with E-state index in [2.05, 4.69) is 10.3 Å². The van der Waals surface area contributed by atoms with Crippen LogP contribution in [0.4, 0.5) is 5.69 Å². The number of aliphatic hydroxyl groups is 1. The average Bonchev–Trinajstić information content (AvgIpc) is 2.53. The highest BCUT2D eigenvalue weighted by molar-refractivity contribution is 14.0. The molecule has 1 aromatic rings. The van der Waals surface area contributed by atoms with E-state index in [1.54, 1.807) is 26.4 Å². The predicted molar refractivity (Wildman–Crippen MR) is 100 cm³/mol. The topological polar surface area (TPSA) is 98.3 Å². The number of hydrogen-bond acceptors (Lipinski definition) is 5. The Morgan fingerprint density at radius 1 is 1.30 bits per heavy atom. The van der Waals surface area contributed by atoms with Crippen molar-refractivity contribution in [1.29, 1.82) is 0 Å². The van der Waals surface area contributed by atoms with Crippen molar-refractivity contribution in [2.24, 2.45) is 10.7 Å². The van der Waals surface area contributed by atoms with E-state index in [0.717, 1.165) is 5.69 Å². The summed E-state index contributed by atoms with van der Waals surface area (Å²) in [7, 11) is 3.15. The van der Waals surface area contributed by atoms with E-state index in [0.29, 0.717) is 37.6 Å². The maximum Gasteiger partial charge on any atom is 0.193 e. The zero-order chi connectivity index (χ0) is 16.0. The summed E-state index contributed by atoms with van der Waals surface area (Å²) in [5.41, 5.74) is 5.77.